The molecule has 4 aliphatic rings. The van der Waals surface area contributed by atoms with Gasteiger partial charge in [-0.15, -0.1) is 0 Å². The lowest BCUT2D eigenvalue weighted by Gasteiger charge is -2.24. The third kappa shape index (κ3) is 1.99. The maximum atomic E-state index is 6.21. The van der Waals surface area contributed by atoms with E-state index in [9.17, 15) is 0 Å². The van der Waals surface area contributed by atoms with Crippen LogP contribution in [-0.2, 0) is 9.47 Å². The van der Waals surface area contributed by atoms with Crippen molar-refractivity contribution in [3.05, 3.63) is 0 Å². The number of likely N-dealkylation sites (tertiary alicyclic amines) is 1. The van der Waals surface area contributed by atoms with E-state index in [-0.39, 0.29) is 5.79 Å². The van der Waals surface area contributed by atoms with Crippen molar-refractivity contribution in [2.24, 2.45) is 11.8 Å². The first-order valence-electron chi connectivity index (χ1n) is 7.58. The van der Waals surface area contributed by atoms with Crippen LogP contribution in [0, 0.1) is 11.8 Å². The van der Waals surface area contributed by atoms with Gasteiger partial charge in [-0.2, -0.15) is 0 Å². The molecule has 3 atom stereocenters. The number of nitrogens with one attached hydrogen (secondary N) is 1. The zero-order chi connectivity index (χ0) is 12.0. The van der Waals surface area contributed by atoms with Crippen LogP contribution in [0.5, 0.6) is 0 Å². The number of ether oxygens (including phenoxy) is 2. The fraction of sp³-hybridized carbons (Fsp3) is 1.00. The summed E-state index contributed by atoms with van der Waals surface area (Å²) in [7, 11) is 0. The van der Waals surface area contributed by atoms with Crippen LogP contribution in [0.3, 0.4) is 0 Å². The van der Waals surface area contributed by atoms with Crippen molar-refractivity contribution < 1.29 is 9.47 Å². The summed E-state index contributed by atoms with van der Waals surface area (Å²) in [6.07, 6.45) is 5.07. The SMILES string of the molecule is C1CCC2(C1)OCC(CN1C[C@H]3CNC[C@H]3C1)O2. The smallest absolute Gasteiger partial charge is 0.168 e. The first kappa shape index (κ1) is 11.6. The van der Waals surface area contributed by atoms with Gasteiger partial charge in [0.15, 0.2) is 5.79 Å². The van der Waals surface area contributed by atoms with Gasteiger partial charge in [-0.05, 0) is 37.8 Å². The van der Waals surface area contributed by atoms with Crippen LogP contribution in [-0.4, -0.2) is 56.1 Å². The summed E-state index contributed by atoms with van der Waals surface area (Å²) >= 11 is 0. The molecule has 102 valence electrons. The number of nitrogens with zero attached hydrogens (tertiary/aromatic N) is 1. The first-order chi connectivity index (χ1) is 8.83. The van der Waals surface area contributed by atoms with Crippen molar-refractivity contribution >= 4 is 0 Å². The van der Waals surface area contributed by atoms with E-state index in [1.165, 1.54) is 39.0 Å². The Morgan fingerprint density at radius 3 is 2.56 bits per heavy atom. The molecule has 18 heavy (non-hydrogen) atoms. The van der Waals surface area contributed by atoms with Gasteiger partial charge in [0, 0.05) is 32.5 Å². The predicted molar refractivity (Wildman–Crippen MR) is 68.3 cm³/mol. The summed E-state index contributed by atoms with van der Waals surface area (Å²) in [6, 6.07) is 0. The third-order valence-corrected chi connectivity index (χ3v) is 5.21. The van der Waals surface area contributed by atoms with Crippen LogP contribution >= 0.6 is 0 Å². The van der Waals surface area contributed by atoms with Gasteiger partial charge in [0.2, 0.25) is 0 Å². The molecule has 0 radical (unpaired) electrons. The predicted octanol–water partition coefficient (Wildman–Crippen LogP) is 0.823. The Morgan fingerprint density at radius 1 is 1.11 bits per heavy atom. The Morgan fingerprint density at radius 2 is 1.83 bits per heavy atom. The van der Waals surface area contributed by atoms with E-state index in [1.807, 2.05) is 0 Å². The summed E-state index contributed by atoms with van der Waals surface area (Å²) in [4.78, 5) is 2.60. The van der Waals surface area contributed by atoms with Crippen LogP contribution in [0.25, 0.3) is 0 Å². The molecule has 1 spiro atoms. The largest absolute Gasteiger partial charge is 0.347 e. The summed E-state index contributed by atoms with van der Waals surface area (Å²) in [5.41, 5.74) is 0. The molecule has 1 unspecified atom stereocenters. The number of hydrogen-bond acceptors (Lipinski definition) is 4. The van der Waals surface area contributed by atoms with Crippen molar-refractivity contribution in [3.8, 4) is 0 Å². The van der Waals surface area contributed by atoms with Crippen molar-refractivity contribution in [1.29, 1.82) is 0 Å². The Kier molecular flexibility index (Phi) is 2.87. The fourth-order valence-electron chi connectivity index (χ4n) is 4.27. The minimum Gasteiger partial charge on any atom is -0.347 e. The van der Waals surface area contributed by atoms with Crippen LogP contribution in [0.1, 0.15) is 25.7 Å². The zero-order valence-corrected chi connectivity index (χ0v) is 11.1. The summed E-state index contributed by atoms with van der Waals surface area (Å²) in [6.45, 7) is 6.83. The quantitative estimate of drug-likeness (QED) is 0.789. The molecule has 1 aliphatic carbocycles. The lowest BCUT2D eigenvalue weighted by molar-refractivity contribution is -0.163. The van der Waals surface area contributed by atoms with Crippen molar-refractivity contribution in [1.82, 2.24) is 10.2 Å². The molecule has 3 saturated heterocycles. The summed E-state index contributed by atoms with van der Waals surface area (Å²) < 4.78 is 12.2. The van der Waals surface area contributed by atoms with Crippen LogP contribution < -0.4 is 5.32 Å². The third-order valence-electron chi connectivity index (χ3n) is 5.21. The highest BCUT2D eigenvalue weighted by Gasteiger charge is 2.45. The molecular weight excluding hydrogens is 228 g/mol. The lowest BCUT2D eigenvalue weighted by Crippen LogP contribution is -2.35. The second-order valence-electron chi connectivity index (χ2n) is 6.57. The van der Waals surface area contributed by atoms with Gasteiger partial charge in [0.05, 0.1) is 12.7 Å². The lowest BCUT2D eigenvalue weighted by atomic mass is 10.0. The Labute approximate surface area is 109 Å². The van der Waals surface area contributed by atoms with Gasteiger partial charge in [0.1, 0.15) is 0 Å². The highest BCUT2D eigenvalue weighted by atomic mass is 16.7. The van der Waals surface area contributed by atoms with Gasteiger partial charge in [-0.3, -0.25) is 4.90 Å². The van der Waals surface area contributed by atoms with Crippen molar-refractivity contribution in [2.45, 2.75) is 37.6 Å². The maximum Gasteiger partial charge on any atom is 0.168 e. The van der Waals surface area contributed by atoms with Crippen LogP contribution in [0.2, 0.25) is 0 Å². The molecule has 3 heterocycles. The van der Waals surface area contributed by atoms with Crippen LogP contribution in [0.4, 0.5) is 0 Å². The molecule has 4 heteroatoms. The fourth-order valence-corrected chi connectivity index (χ4v) is 4.27. The second kappa shape index (κ2) is 4.44. The van der Waals surface area contributed by atoms with E-state index in [2.05, 4.69) is 10.2 Å². The summed E-state index contributed by atoms with van der Waals surface area (Å²) in [5, 5.41) is 3.50. The van der Waals surface area contributed by atoms with E-state index < -0.39 is 0 Å². The molecule has 0 aromatic carbocycles. The molecule has 0 amide bonds. The summed E-state index contributed by atoms with van der Waals surface area (Å²) in [5.74, 6) is 1.59. The molecule has 4 nitrogen and oxygen atoms in total. The minimum atomic E-state index is -0.179. The average Bonchev–Trinajstić information content (AvgIpc) is 3.05. The molecule has 4 rings (SSSR count). The van der Waals surface area contributed by atoms with Gasteiger partial charge in [-0.25, -0.2) is 0 Å². The second-order valence-corrected chi connectivity index (χ2v) is 6.57. The van der Waals surface area contributed by atoms with E-state index in [1.54, 1.807) is 0 Å². The molecule has 1 N–H and O–H groups in total. The Bertz CT molecular complexity index is 305. The molecule has 0 bridgehead atoms. The average molecular weight is 252 g/mol. The molecule has 3 aliphatic heterocycles. The van der Waals surface area contributed by atoms with Crippen LogP contribution in [0.15, 0.2) is 0 Å². The highest BCUT2D eigenvalue weighted by molar-refractivity contribution is 4.93. The molecule has 0 aromatic rings. The zero-order valence-electron chi connectivity index (χ0n) is 11.1. The van der Waals surface area contributed by atoms with Gasteiger partial charge in [-0.1, -0.05) is 0 Å². The Hall–Kier alpha value is -0.160. The van der Waals surface area contributed by atoms with Gasteiger partial charge >= 0.3 is 0 Å². The maximum absolute atomic E-state index is 6.21. The van der Waals surface area contributed by atoms with Crippen molar-refractivity contribution in [2.75, 3.05) is 39.3 Å². The van der Waals surface area contributed by atoms with Crippen molar-refractivity contribution in [3.63, 3.8) is 0 Å². The molecule has 1 saturated carbocycles. The van der Waals surface area contributed by atoms with Gasteiger partial charge < -0.3 is 14.8 Å². The first-order valence-corrected chi connectivity index (χ1v) is 7.58. The van der Waals surface area contributed by atoms with E-state index in [0.717, 1.165) is 37.8 Å². The molecule has 0 aromatic heterocycles. The molecular formula is C14H24N2O2. The Balaban J connectivity index is 1.31. The minimum absolute atomic E-state index is 0.179. The number of fused-ring (bicyclic) bond motifs is 1. The number of hydrogen-bond donors (Lipinski definition) is 1. The topological polar surface area (TPSA) is 33.7 Å². The standard InChI is InChI=1S/C14H24N2O2/c1-2-4-14(3-1)17-10-13(18-14)9-16-7-11-5-15-6-12(11)8-16/h11-13,15H,1-10H2/t11-,12+,13?. The van der Waals surface area contributed by atoms with E-state index in [4.69, 9.17) is 9.47 Å². The monoisotopic (exact) mass is 252 g/mol. The van der Waals surface area contributed by atoms with E-state index in [0.29, 0.717) is 6.10 Å². The van der Waals surface area contributed by atoms with Gasteiger partial charge in [0.25, 0.3) is 0 Å². The normalized spacial score (nSPS) is 43.0. The van der Waals surface area contributed by atoms with E-state index >= 15 is 0 Å². The highest BCUT2D eigenvalue weighted by Crippen LogP contribution is 2.39. The number of rotatable bonds is 2. The molecule has 4 fully saturated rings.